The van der Waals surface area contributed by atoms with E-state index in [-0.39, 0.29) is 18.2 Å². The number of carbonyl (C=O) groups is 2. The van der Waals surface area contributed by atoms with Gasteiger partial charge in [-0.25, -0.2) is 4.99 Å². The van der Waals surface area contributed by atoms with Crippen LogP contribution in [0.15, 0.2) is 77.8 Å². The summed E-state index contributed by atoms with van der Waals surface area (Å²) in [4.78, 5) is 32.7. The number of amides is 2. The zero-order valence-corrected chi connectivity index (χ0v) is 21.3. The Morgan fingerprint density at radius 2 is 1.69 bits per heavy atom. The van der Waals surface area contributed by atoms with Crippen LogP contribution in [0.4, 0.5) is 11.4 Å². The van der Waals surface area contributed by atoms with Crippen molar-refractivity contribution >= 4 is 40.1 Å². The van der Waals surface area contributed by atoms with E-state index in [1.165, 1.54) is 22.9 Å². The van der Waals surface area contributed by atoms with E-state index in [1.54, 1.807) is 4.90 Å². The zero-order valence-electron chi connectivity index (χ0n) is 20.5. The minimum absolute atomic E-state index is 0.0503. The number of carbonyl (C=O) groups excluding carboxylic acids is 2. The van der Waals surface area contributed by atoms with E-state index in [9.17, 15) is 9.59 Å². The monoisotopic (exact) mass is 485 g/mol. The van der Waals surface area contributed by atoms with Crippen molar-refractivity contribution in [2.75, 3.05) is 11.9 Å². The van der Waals surface area contributed by atoms with Gasteiger partial charge in [-0.15, -0.1) is 0 Å². The van der Waals surface area contributed by atoms with Gasteiger partial charge in [0.15, 0.2) is 5.17 Å². The maximum absolute atomic E-state index is 13.4. The lowest BCUT2D eigenvalue weighted by molar-refractivity contribution is -0.128. The van der Waals surface area contributed by atoms with Gasteiger partial charge in [0.25, 0.3) is 0 Å². The largest absolute Gasteiger partial charge is 0.326 e. The maximum atomic E-state index is 13.4. The van der Waals surface area contributed by atoms with E-state index in [1.807, 2.05) is 68.4 Å². The minimum Gasteiger partial charge on any atom is -0.326 e. The van der Waals surface area contributed by atoms with Gasteiger partial charge in [-0.2, -0.15) is 0 Å². The minimum atomic E-state index is -0.485. The number of nitrogens with zero attached hydrogens (tertiary/aromatic N) is 2. The molecule has 4 rings (SSSR count). The Labute approximate surface area is 211 Å². The van der Waals surface area contributed by atoms with Crippen molar-refractivity contribution in [2.45, 2.75) is 45.3 Å². The number of rotatable bonds is 8. The van der Waals surface area contributed by atoms with Crippen LogP contribution in [0.25, 0.3) is 0 Å². The Morgan fingerprint density at radius 3 is 2.40 bits per heavy atom. The molecule has 1 saturated heterocycles. The molecule has 1 fully saturated rings. The Balaban J connectivity index is 1.49. The van der Waals surface area contributed by atoms with Crippen LogP contribution < -0.4 is 5.32 Å². The summed E-state index contributed by atoms with van der Waals surface area (Å²) in [7, 11) is 0. The van der Waals surface area contributed by atoms with Crippen molar-refractivity contribution in [2.24, 2.45) is 4.99 Å². The van der Waals surface area contributed by atoms with Crippen LogP contribution in [-0.2, 0) is 16.0 Å². The topological polar surface area (TPSA) is 61.8 Å². The summed E-state index contributed by atoms with van der Waals surface area (Å²) in [5, 5.41) is 3.10. The lowest BCUT2D eigenvalue weighted by Crippen LogP contribution is -2.34. The summed E-state index contributed by atoms with van der Waals surface area (Å²) < 4.78 is 0. The van der Waals surface area contributed by atoms with E-state index >= 15 is 0 Å². The van der Waals surface area contributed by atoms with Crippen LogP contribution in [-0.4, -0.2) is 33.7 Å². The number of aliphatic imine (C=N–C) groups is 1. The van der Waals surface area contributed by atoms with Crippen molar-refractivity contribution in [3.05, 3.63) is 95.1 Å². The van der Waals surface area contributed by atoms with Crippen LogP contribution in [0.2, 0.25) is 0 Å². The van der Waals surface area contributed by atoms with Gasteiger partial charge < -0.3 is 5.32 Å². The molecule has 1 unspecified atom stereocenters. The number of nitrogens with one attached hydrogen (secondary N) is 1. The molecule has 2 amide bonds. The number of thioether (sulfide) groups is 1. The van der Waals surface area contributed by atoms with Crippen molar-refractivity contribution in [1.29, 1.82) is 0 Å². The molecular weight excluding hydrogens is 454 g/mol. The number of benzene rings is 3. The number of anilines is 1. The molecule has 3 aromatic rings. The molecule has 1 aliphatic rings. The highest BCUT2D eigenvalue weighted by Gasteiger charge is 2.39. The van der Waals surface area contributed by atoms with Gasteiger partial charge in [0.1, 0.15) is 5.25 Å². The van der Waals surface area contributed by atoms with Crippen molar-refractivity contribution < 1.29 is 9.59 Å². The molecule has 0 saturated carbocycles. The van der Waals surface area contributed by atoms with E-state index < -0.39 is 5.25 Å². The first-order valence-electron chi connectivity index (χ1n) is 11.9. The highest BCUT2D eigenvalue weighted by atomic mass is 32.2. The van der Waals surface area contributed by atoms with E-state index in [0.717, 1.165) is 35.3 Å². The number of aryl methyl sites for hydroxylation is 4. The Morgan fingerprint density at radius 1 is 0.971 bits per heavy atom. The predicted molar refractivity (Wildman–Crippen MR) is 145 cm³/mol. The van der Waals surface area contributed by atoms with E-state index in [0.29, 0.717) is 11.7 Å². The summed E-state index contributed by atoms with van der Waals surface area (Å²) in [6.07, 6.45) is 1.81. The molecule has 0 spiro atoms. The first-order chi connectivity index (χ1) is 16.9. The maximum Gasteiger partial charge on any atom is 0.242 e. The fourth-order valence-corrected chi connectivity index (χ4v) is 5.24. The Kier molecular flexibility index (Phi) is 8.03. The van der Waals surface area contributed by atoms with Gasteiger partial charge in [0.05, 0.1) is 5.69 Å². The fraction of sp³-hybridized carbons (Fsp3) is 0.276. The molecule has 1 atom stereocenters. The second kappa shape index (κ2) is 11.4. The number of amidine groups is 1. The number of hydrogen-bond donors (Lipinski definition) is 1. The van der Waals surface area contributed by atoms with Crippen LogP contribution in [0.3, 0.4) is 0 Å². The third-order valence-corrected chi connectivity index (χ3v) is 7.16. The molecule has 0 aromatic heterocycles. The summed E-state index contributed by atoms with van der Waals surface area (Å²) >= 11 is 1.39. The molecule has 6 heteroatoms. The molecule has 3 aromatic carbocycles. The van der Waals surface area contributed by atoms with Gasteiger partial charge in [-0.1, -0.05) is 77.5 Å². The third-order valence-electron chi connectivity index (χ3n) is 5.98. The molecule has 180 valence electrons. The standard InChI is InChI=1S/C29H31N3O2S/c1-20-11-14-24(15-12-20)30-27(33)19-26-28(34)32(17-7-10-23-8-5-4-6-9-23)29(35-26)31-25-16-13-21(2)18-22(25)3/h4-6,8-9,11-16,18,26H,7,10,17,19H2,1-3H3,(H,30,33). The average molecular weight is 486 g/mol. The second-order valence-electron chi connectivity index (χ2n) is 8.99. The highest BCUT2D eigenvalue weighted by molar-refractivity contribution is 8.15. The third kappa shape index (κ3) is 6.61. The van der Waals surface area contributed by atoms with Crippen LogP contribution in [0.1, 0.15) is 35.1 Å². The first-order valence-corrected chi connectivity index (χ1v) is 12.8. The molecule has 0 radical (unpaired) electrons. The summed E-state index contributed by atoms with van der Waals surface area (Å²) in [6, 6.07) is 24.0. The fourth-order valence-electron chi connectivity index (χ4n) is 4.07. The molecule has 0 aliphatic carbocycles. The van der Waals surface area contributed by atoms with Crippen LogP contribution in [0, 0.1) is 20.8 Å². The molecule has 5 nitrogen and oxygen atoms in total. The molecular formula is C29H31N3O2S. The average Bonchev–Trinajstić information content (AvgIpc) is 3.12. The quantitative estimate of drug-likeness (QED) is 0.413. The lowest BCUT2D eigenvalue weighted by atomic mass is 10.1. The Bertz CT molecular complexity index is 1220. The molecule has 35 heavy (non-hydrogen) atoms. The molecule has 1 N–H and O–H groups in total. The normalized spacial score (nSPS) is 16.7. The van der Waals surface area contributed by atoms with Gasteiger partial charge in [0, 0.05) is 18.7 Å². The van der Waals surface area contributed by atoms with E-state index in [2.05, 4.69) is 30.4 Å². The molecule has 0 bridgehead atoms. The van der Waals surface area contributed by atoms with E-state index in [4.69, 9.17) is 4.99 Å². The van der Waals surface area contributed by atoms with Gasteiger partial charge in [-0.05, 0) is 62.9 Å². The highest BCUT2D eigenvalue weighted by Crippen LogP contribution is 2.33. The summed E-state index contributed by atoms with van der Waals surface area (Å²) in [5.41, 5.74) is 6.20. The van der Waals surface area contributed by atoms with Crippen molar-refractivity contribution in [3.63, 3.8) is 0 Å². The van der Waals surface area contributed by atoms with Gasteiger partial charge >= 0.3 is 0 Å². The zero-order chi connectivity index (χ0) is 24.8. The van der Waals surface area contributed by atoms with Crippen molar-refractivity contribution in [1.82, 2.24) is 4.90 Å². The van der Waals surface area contributed by atoms with Crippen molar-refractivity contribution in [3.8, 4) is 0 Å². The molecule has 1 aliphatic heterocycles. The SMILES string of the molecule is Cc1ccc(NC(=O)CC2SC(=Nc3ccc(C)cc3C)N(CCCc3ccccc3)C2=O)cc1. The Hall–Kier alpha value is -3.38. The van der Waals surface area contributed by atoms with Crippen LogP contribution in [0.5, 0.6) is 0 Å². The second-order valence-corrected chi connectivity index (χ2v) is 10.2. The molecule has 1 heterocycles. The smallest absolute Gasteiger partial charge is 0.242 e. The summed E-state index contributed by atoms with van der Waals surface area (Å²) in [5.74, 6) is -0.220. The van der Waals surface area contributed by atoms with Gasteiger partial charge in [-0.3, -0.25) is 14.5 Å². The lowest BCUT2D eigenvalue weighted by Gasteiger charge is -2.17. The predicted octanol–water partition coefficient (Wildman–Crippen LogP) is 6.20. The first kappa shape index (κ1) is 24.7. The van der Waals surface area contributed by atoms with Crippen LogP contribution >= 0.6 is 11.8 Å². The van der Waals surface area contributed by atoms with Gasteiger partial charge in [0.2, 0.25) is 11.8 Å². The summed E-state index contributed by atoms with van der Waals surface area (Å²) in [6.45, 7) is 6.65. The number of hydrogen-bond acceptors (Lipinski definition) is 4.